The van der Waals surface area contributed by atoms with E-state index in [1.165, 1.54) is 11.1 Å². The van der Waals surface area contributed by atoms with E-state index in [1.807, 2.05) is 0 Å². The zero-order chi connectivity index (χ0) is 16.6. The largest absolute Gasteiger partial charge is 0.481 e. The van der Waals surface area contributed by atoms with Crippen LogP contribution in [-0.2, 0) is 9.59 Å². The molecule has 1 aromatic carbocycles. The number of amides is 1. The van der Waals surface area contributed by atoms with E-state index in [1.54, 1.807) is 0 Å². The molecular weight excluding hydrogens is 290 g/mol. The van der Waals surface area contributed by atoms with Crippen LogP contribution in [0, 0.1) is 5.92 Å². The molecule has 4 nitrogen and oxygen atoms in total. The van der Waals surface area contributed by atoms with Gasteiger partial charge in [0.25, 0.3) is 0 Å². The predicted molar refractivity (Wildman–Crippen MR) is 88.4 cm³/mol. The summed E-state index contributed by atoms with van der Waals surface area (Å²) >= 11 is 0. The molecule has 0 radical (unpaired) electrons. The Morgan fingerprint density at radius 3 is 2.39 bits per heavy atom. The highest BCUT2D eigenvalue weighted by atomic mass is 16.4. The first-order valence-electron chi connectivity index (χ1n) is 8.54. The highest BCUT2D eigenvalue weighted by Crippen LogP contribution is 2.48. The zero-order valence-corrected chi connectivity index (χ0v) is 13.8. The number of hydrogen-bond acceptors (Lipinski definition) is 2. The Labute approximate surface area is 137 Å². The van der Waals surface area contributed by atoms with Gasteiger partial charge in [-0.15, -0.1) is 0 Å². The van der Waals surface area contributed by atoms with Crippen LogP contribution in [0.2, 0.25) is 0 Å². The molecule has 1 amide bonds. The van der Waals surface area contributed by atoms with Crippen LogP contribution in [0.5, 0.6) is 0 Å². The molecule has 1 aromatic rings. The lowest BCUT2D eigenvalue weighted by molar-refractivity contribution is -0.140. The van der Waals surface area contributed by atoms with Gasteiger partial charge in [-0.2, -0.15) is 0 Å². The lowest BCUT2D eigenvalue weighted by Gasteiger charge is -2.41. The van der Waals surface area contributed by atoms with Crippen molar-refractivity contribution in [2.24, 2.45) is 5.92 Å². The molecule has 2 saturated carbocycles. The summed E-state index contributed by atoms with van der Waals surface area (Å²) in [7, 11) is 0. The van der Waals surface area contributed by atoms with Crippen molar-refractivity contribution in [1.82, 2.24) is 5.32 Å². The SMILES string of the molecule is CC(C)c1ccc(C2CC2C(=O)NC2(CC(=O)O)CCC2)cc1. The van der Waals surface area contributed by atoms with E-state index in [2.05, 4.69) is 43.4 Å². The van der Waals surface area contributed by atoms with Gasteiger partial charge < -0.3 is 10.4 Å². The van der Waals surface area contributed by atoms with Gasteiger partial charge in [0.2, 0.25) is 5.91 Å². The maximum absolute atomic E-state index is 12.5. The van der Waals surface area contributed by atoms with E-state index in [4.69, 9.17) is 5.11 Å². The number of rotatable bonds is 6. The topological polar surface area (TPSA) is 66.4 Å². The fourth-order valence-electron chi connectivity index (χ4n) is 3.57. The van der Waals surface area contributed by atoms with Crippen LogP contribution < -0.4 is 5.32 Å². The van der Waals surface area contributed by atoms with Crippen LogP contribution in [0.3, 0.4) is 0 Å². The molecule has 2 unspecified atom stereocenters. The molecule has 2 aliphatic carbocycles. The molecule has 2 atom stereocenters. The summed E-state index contributed by atoms with van der Waals surface area (Å²) in [6.45, 7) is 4.34. The summed E-state index contributed by atoms with van der Waals surface area (Å²) in [6.07, 6.45) is 3.48. The van der Waals surface area contributed by atoms with Gasteiger partial charge in [0.1, 0.15) is 0 Å². The Morgan fingerprint density at radius 1 is 1.26 bits per heavy atom. The van der Waals surface area contributed by atoms with Crippen molar-refractivity contribution in [2.45, 2.75) is 63.3 Å². The molecule has 0 saturated heterocycles. The second-order valence-corrected chi connectivity index (χ2v) is 7.46. The summed E-state index contributed by atoms with van der Waals surface area (Å²) in [5, 5.41) is 12.1. The minimum Gasteiger partial charge on any atom is -0.481 e. The average Bonchev–Trinajstić information content (AvgIpc) is 3.25. The number of carbonyl (C=O) groups is 2. The quantitative estimate of drug-likeness (QED) is 0.845. The Morgan fingerprint density at radius 2 is 1.91 bits per heavy atom. The van der Waals surface area contributed by atoms with Crippen molar-refractivity contribution >= 4 is 11.9 Å². The summed E-state index contributed by atoms with van der Waals surface area (Å²) < 4.78 is 0. The van der Waals surface area contributed by atoms with Crippen molar-refractivity contribution in [2.75, 3.05) is 0 Å². The third-order valence-electron chi connectivity index (χ3n) is 5.35. The second-order valence-electron chi connectivity index (χ2n) is 7.46. The van der Waals surface area contributed by atoms with E-state index >= 15 is 0 Å². The summed E-state index contributed by atoms with van der Waals surface area (Å²) in [6, 6.07) is 8.55. The van der Waals surface area contributed by atoms with Crippen molar-refractivity contribution < 1.29 is 14.7 Å². The van der Waals surface area contributed by atoms with Gasteiger partial charge in [0.05, 0.1) is 12.0 Å². The van der Waals surface area contributed by atoms with Gasteiger partial charge in [-0.3, -0.25) is 9.59 Å². The van der Waals surface area contributed by atoms with Crippen LogP contribution in [0.15, 0.2) is 24.3 Å². The van der Waals surface area contributed by atoms with Crippen LogP contribution in [-0.4, -0.2) is 22.5 Å². The van der Waals surface area contributed by atoms with Crippen molar-refractivity contribution in [1.29, 1.82) is 0 Å². The van der Waals surface area contributed by atoms with Gasteiger partial charge in [0.15, 0.2) is 0 Å². The van der Waals surface area contributed by atoms with Gasteiger partial charge in [-0.1, -0.05) is 38.1 Å². The number of nitrogens with one attached hydrogen (secondary N) is 1. The number of benzene rings is 1. The predicted octanol–water partition coefficient (Wildman–Crippen LogP) is 3.43. The molecule has 124 valence electrons. The molecule has 0 heterocycles. The summed E-state index contributed by atoms with van der Waals surface area (Å²) in [5.74, 6) is 0.00619. The Bertz CT molecular complexity index is 602. The molecular formula is C19H25NO3. The van der Waals surface area contributed by atoms with Crippen LogP contribution >= 0.6 is 0 Å². The van der Waals surface area contributed by atoms with Gasteiger partial charge in [-0.05, 0) is 48.6 Å². The van der Waals surface area contributed by atoms with Crippen molar-refractivity contribution in [3.8, 4) is 0 Å². The first kappa shape index (κ1) is 16.0. The minimum absolute atomic E-state index is 0.00571. The van der Waals surface area contributed by atoms with E-state index in [-0.39, 0.29) is 24.2 Å². The highest BCUT2D eigenvalue weighted by molar-refractivity contribution is 5.84. The molecule has 2 aliphatic rings. The van der Waals surface area contributed by atoms with Crippen LogP contribution in [0.1, 0.15) is 68.9 Å². The van der Waals surface area contributed by atoms with Gasteiger partial charge in [0, 0.05) is 5.92 Å². The number of aliphatic carboxylic acids is 1. The highest BCUT2D eigenvalue weighted by Gasteiger charge is 2.48. The maximum Gasteiger partial charge on any atom is 0.305 e. The molecule has 2 fully saturated rings. The fraction of sp³-hybridized carbons (Fsp3) is 0.579. The van der Waals surface area contributed by atoms with E-state index in [9.17, 15) is 9.59 Å². The third kappa shape index (κ3) is 3.41. The fourth-order valence-corrected chi connectivity index (χ4v) is 3.57. The molecule has 0 bridgehead atoms. The number of carboxylic acid groups (broad SMARTS) is 1. The maximum atomic E-state index is 12.5. The number of carbonyl (C=O) groups excluding carboxylic acids is 1. The number of hydrogen-bond donors (Lipinski definition) is 2. The monoisotopic (exact) mass is 315 g/mol. The van der Waals surface area contributed by atoms with Crippen LogP contribution in [0.4, 0.5) is 0 Å². The summed E-state index contributed by atoms with van der Waals surface area (Å²) in [5.41, 5.74) is 2.04. The second kappa shape index (κ2) is 5.99. The molecule has 0 aliphatic heterocycles. The first-order valence-corrected chi connectivity index (χ1v) is 8.54. The normalized spacial score (nSPS) is 24.8. The molecule has 0 aromatic heterocycles. The molecule has 23 heavy (non-hydrogen) atoms. The summed E-state index contributed by atoms with van der Waals surface area (Å²) in [4.78, 5) is 23.4. The Kier molecular flexibility index (Phi) is 4.17. The van der Waals surface area contributed by atoms with Crippen molar-refractivity contribution in [3.05, 3.63) is 35.4 Å². The van der Waals surface area contributed by atoms with E-state index in [0.717, 1.165) is 25.7 Å². The van der Waals surface area contributed by atoms with Crippen LogP contribution in [0.25, 0.3) is 0 Å². The Hall–Kier alpha value is -1.84. The molecule has 0 spiro atoms. The zero-order valence-electron chi connectivity index (χ0n) is 13.8. The van der Waals surface area contributed by atoms with Gasteiger partial charge in [-0.25, -0.2) is 0 Å². The minimum atomic E-state index is -0.832. The van der Waals surface area contributed by atoms with Crippen molar-refractivity contribution in [3.63, 3.8) is 0 Å². The number of carboxylic acids is 1. The molecule has 3 rings (SSSR count). The average molecular weight is 315 g/mol. The Balaban J connectivity index is 1.59. The molecule has 4 heteroatoms. The lowest BCUT2D eigenvalue weighted by atomic mass is 9.74. The third-order valence-corrected chi connectivity index (χ3v) is 5.35. The molecule has 2 N–H and O–H groups in total. The van der Waals surface area contributed by atoms with E-state index in [0.29, 0.717) is 5.92 Å². The standard InChI is InChI=1S/C19H25NO3/c1-12(2)13-4-6-14(7-5-13)15-10-16(15)18(23)20-19(8-3-9-19)11-17(21)22/h4-7,12,15-16H,3,8-11H2,1-2H3,(H,20,23)(H,21,22). The van der Waals surface area contributed by atoms with Gasteiger partial charge >= 0.3 is 5.97 Å². The smallest absolute Gasteiger partial charge is 0.305 e. The lowest BCUT2D eigenvalue weighted by Crippen LogP contribution is -2.55. The first-order chi connectivity index (χ1) is 10.9. The van der Waals surface area contributed by atoms with E-state index < -0.39 is 11.5 Å².